The fourth-order valence-electron chi connectivity index (χ4n) is 0.931. The topological polar surface area (TPSA) is 59.1 Å². The summed E-state index contributed by atoms with van der Waals surface area (Å²) in [5.41, 5.74) is -0.545. The Morgan fingerprint density at radius 2 is 2.06 bits per heavy atom. The Kier molecular flexibility index (Phi) is 4.94. The van der Waals surface area contributed by atoms with Gasteiger partial charge < -0.3 is 0 Å². The van der Waals surface area contributed by atoms with Gasteiger partial charge in [0.05, 0.1) is 11.2 Å². The molecule has 0 fully saturated rings. The fraction of sp³-hybridized carbons (Fsp3) is 0.625. The quantitative estimate of drug-likeness (QED) is 0.783. The Labute approximate surface area is 116 Å². The molecule has 0 aliphatic heterocycles. The van der Waals surface area contributed by atoms with Crippen molar-refractivity contribution >= 4 is 53.2 Å². The van der Waals surface area contributed by atoms with E-state index in [0.717, 1.165) is 16.3 Å². The molecule has 1 aromatic rings. The summed E-state index contributed by atoms with van der Waals surface area (Å²) in [6, 6.07) is 0. The molecule has 92 valence electrons. The molecule has 0 bridgehead atoms. The number of hydrogen-bond donors (Lipinski definition) is 1. The van der Waals surface area contributed by atoms with Gasteiger partial charge in [-0.2, -0.15) is 0 Å². The number of hydrogen-bond acceptors (Lipinski definition) is 4. The van der Waals surface area contributed by atoms with Gasteiger partial charge in [-0.15, -0.1) is 11.3 Å². The second-order valence-electron chi connectivity index (χ2n) is 3.63. The Balaban J connectivity index is 2.96. The molecule has 4 nitrogen and oxygen atoms in total. The van der Waals surface area contributed by atoms with E-state index in [1.54, 1.807) is 6.92 Å². The second-order valence-corrected chi connectivity index (χ2v) is 7.90. The highest BCUT2D eigenvalue weighted by molar-refractivity contribution is 9.09. The molecule has 0 saturated carbocycles. The minimum Gasteiger partial charge on any atom is -0.249 e. The average Bonchev–Trinajstić information content (AvgIpc) is 2.65. The zero-order valence-electron chi connectivity index (χ0n) is 8.83. The first-order valence-electron chi connectivity index (χ1n) is 4.41. The highest BCUT2D eigenvalue weighted by atomic mass is 79.9. The second kappa shape index (κ2) is 5.43. The van der Waals surface area contributed by atoms with Crippen molar-refractivity contribution < 1.29 is 8.42 Å². The van der Waals surface area contributed by atoms with Gasteiger partial charge in [-0.25, -0.2) is 18.1 Å². The molecular formula is C8H12Br2N2O2S2. The molecule has 0 radical (unpaired) electrons. The third-order valence-corrected chi connectivity index (χ3v) is 7.32. The number of sulfonamides is 1. The zero-order chi connectivity index (χ0) is 12.4. The number of aryl methyl sites for hydroxylation is 1. The van der Waals surface area contributed by atoms with Crippen LogP contribution in [0.3, 0.4) is 0 Å². The van der Waals surface area contributed by atoms with Gasteiger partial charge in [0, 0.05) is 16.2 Å². The monoisotopic (exact) mass is 390 g/mol. The van der Waals surface area contributed by atoms with Crippen LogP contribution in [0.5, 0.6) is 0 Å². The van der Waals surface area contributed by atoms with Crippen molar-refractivity contribution in [1.82, 2.24) is 9.71 Å². The van der Waals surface area contributed by atoms with E-state index >= 15 is 0 Å². The van der Waals surface area contributed by atoms with Gasteiger partial charge in [0.1, 0.15) is 0 Å². The van der Waals surface area contributed by atoms with E-state index < -0.39 is 15.6 Å². The van der Waals surface area contributed by atoms with E-state index in [9.17, 15) is 8.42 Å². The van der Waals surface area contributed by atoms with Crippen LogP contribution in [-0.4, -0.2) is 29.6 Å². The normalized spacial score (nSPS) is 13.0. The third kappa shape index (κ3) is 3.49. The summed E-state index contributed by atoms with van der Waals surface area (Å²) < 4.78 is 26.9. The van der Waals surface area contributed by atoms with Crippen molar-refractivity contribution in [2.75, 3.05) is 10.7 Å². The standard InChI is InChI=1S/C8H12Br2N2O2S2/c1-6-11-3-7(15-6)16(13,14)12-8(2,4-9)5-10/h3,12H,4-5H2,1-2H3. The number of halogens is 2. The molecule has 1 rings (SSSR count). The molecule has 0 unspecified atom stereocenters. The summed E-state index contributed by atoms with van der Waals surface area (Å²) in [5.74, 6) is 0. The molecule has 0 saturated heterocycles. The maximum atomic E-state index is 12.0. The van der Waals surface area contributed by atoms with Crippen LogP contribution in [-0.2, 0) is 10.0 Å². The maximum absolute atomic E-state index is 12.0. The Hall–Kier alpha value is 0.500. The number of nitrogens with one attached hydrogen (secondary N) is 1. The van der Waals surface area contributed by atoms with Crippen LogP contribution in [0.15, 0.2) is 10.4 Å². The lowest BCUT2D eigenvalue weighted by Crippen LogP contribution is -2.48. The molecule has 0 amide bonds. The summed E-state index contributed by atoms with van der Waals surface area (Å²) in [6.45, 7) is 3.60. The lowest BCUT2D eigenvalue weighted by Gasteiger charge is -2.25. The Morgan fingerprint density at radius 3 is 2.44 bits per heavy atom. The number of nitrogens with zero attached hydrogens (tertiary/aromatic N) is 1. The first-order chi connectivity index (χ1) is 7.33. The fourth-order valence-corrected chi connectivity index (χ4v) is 5.02. The van der Waals surface area contributed by atoms with Crippen molar-refractivity contribution in [2.24, 2.45) is 0 Å². The minimum atomic E-state index is -3.48. The molecule has 0 aromatic carbocycles. The number of aromatic nitrogens is 1. The van der Waals surface area contributed by atoms with Gasteiger partial charge in [0.25, 0.3) is 10.0 Å². The zero-order valence-corrected chi connectivity index (χ0v) is 13.6. The highest BCUT2D eigenvalue weighted by Gasteiger charge is 2.29. The van der Waals surface area contributed by atoms with E-state index in [1.807, 2.05) is 6.92 Å². The molecule has 0 spiro atoms. The van der Waals surface area contributed by atoms with Gasteiger partial charge in [-0.1, -0.05) is 31.9 Å². The van der Waals surface area contributed by atoms with E-state index in [4.69, 9.17) is 0 Å². The lowest BCUT2D eigenvalue weighted by atomic mass is 10.1. The predicted octanol–water partition coefficient (Wildman–Crippen LogP) is 2.28. The van der Waals surface area contributed by atoms with Gasteiger partial charge in [-0.05, 0) is 13.8 Å². The summed E-state index contributed by atoms with van der Waals surface area (Å²) in [6.07, 6.45) is 1.38. The molecular weight excluding hydrogens is 380 g/mol. The van der Waals surface area contributed by atoms with E-state index in [-0.39, 0.29) is 4.21 Å². The smallest absolute Gasteiger partial charge is 0.249 e. The van der Waals surface area contributed by atoms with Crippen molar-refractivity contribution in [1.29, 1.82) is 0 Å². The summed E-state index contributed by atoms with van der Waals surface area (Å²) in [4.78, 5) is 3.94. The van der Waals surface area contributed by atoms with Crippen LogP contribution in [0.25, 0.3) is 0 Å². The van der Waals surface area contributed by atoms with Gasteiger partial charge in [-0.3, -0.25) is 0 Å². The number of thiazole rings is 1. The summed E-state index contributed by atoms with van der Waals surface area (Å²) in [5, 5.41) is 1.80. The Morgan fingerprint density at radius 1 is 1.50 bits per heavy atom. The van der Waals surface area contributed by atoms with Crippen molar-refractivity contribution in [3.63, 3.8) is 0 Å². The van der Waals surface area contributed by atoms with Crippen LogP contribution in [0, 0.1) is 6.92 Å². The maximum Gasteiger partial charge on any atom is 0.252 e. The first kappa shape index (κ1) is 14.6. The molecule has 8 heteroatoms. The molecule has 0 aliphatic rings. The highest BCUT2D eigenvalue weighted by Crippen LogP contribution is 2.21. The van der Waals surface area contributed by atoms with Crippen LogP contribution >= 0.6 is 43.2 Å². The molecule has 0 atom stereocenters. The van der Waals surface area contributed by atoms with Crippen molar-refractivity contribution in [2.45, 2.75) is 23.6 Å². The SMILES string of the molecule is Cc1ncc(S(=O)(=O)NC(C)(CBr)CBr)s1. The average molecular weight is 392 g/mol. The molecule has 0 aliphatic carbocycles. The first-order valence-corrected chi connectivity index (χ1v) is 8.95. The van der Waals surface area contributed by atoms with Crippen LogP contribution in [0.2, 0.25) is 0 Å². The van der Waals surface area contributed by atoms with Gasteiger partial charge in [0.15, 0.2) is 4.21 Å². The minimum absolute atomic E-state index is 0.248. The largest absolute Gasteiger partial charge is 0.252 e. The van der Waals surface area contributed by atoms with Gasteiger partial charge >= 0.3 is 0 Å². The van der Waals surface area contributed by atoms with Crippen LogP contribution in [0.4, 0.5) is 0 Å². The molecule has 1 aromatic heterocycles. The Bertz CT molecular complexity index is 454. The predicted molar refractivity (Wildman–Crippen MR) is 73.2 cm³/mol. The lowest BCUT2D eigenvalue weighted by molar-refractivity contribution is 0.510. The third-order valence-electron chi connectivity index (χ3n) is 1.84. The van der Waals surface area contributed by atoms with Crippen LogP contribution < -0.4 is 4.72 Å². The molecule has 1 heterocycles. The van der Waals surface area contributed by atoms with E-state index in [0.29, 0.717) is 10.7 Å². The van der Waals surface area contributed by atoms with Crippen molar-refractivity contribution in [3.05, 3.63) is 11.2 Å². The number of alkyl halides is 2. The summed E-state index contributed by atoms with van der Waals surface area (Å²) >= 11 is 7.75. The van der Waals surface area contributed by atoms with Crippen LogP contribution in [0.1, 0.15) is 11.9 Å². The number of rotatable bonds is 5. The molecule has 16 heavy (non-hydrogen) atoms. The van der Waals surface area contributed by atoms with Gasteiger partial charge in [0.2, 0.25) is 0 Å². The van der Waals surface area contributed by atoms with Crippen molar-refractivity contribution in [3.8, 4) is 0 Å². The molecule has 1 N–H and O–H groups in total. The van der Waals surface area contributed by atoms with E-state index in [1.165, 1.54) is 6.20 Å². The summed E-state index contributed by atoms with van der Waals surface area (Å²) in [7, 11) is -3.48. The van der Waals surface area contributed by atoms with E-state index in [2.05, 4.69) is 41.6 Å².